The van der Waals surface area contributed by atoms with Crippen molar-refractivity contribution in [1.82, 2.24) is 20.0 Å². The molecule has 0 spiro atoms. The van der Waals surface area contributed by atoms with E-state index >= 15 is 0 Å². The molecule has 264 valence electrons. The second-order valence-electron chi connectivity index (χ2n) is 10.9. The number of nitrogens with one attached hydrogen (secondary N) is 3. The standard InChI is InChI=1S/C33H50N7O7P/c1-4-5-6-7-8-9-10-11-12-13-14-15-16-17-18-19-20-21-30(41)35-22-23-36-48(44,45-3)46-26-29-28(38-39-34)24-31(47-29)40-25-27(2)32(42)37-33(40)43/h5-6,8-9,11-12,14-15,17-18,25,28-29,31H,4,7,10,13,16,19-24,26H2,1-3H3,(H,35,41)(H,36,44)(H,37,42,43)/b6-5-,9-8-,12-11-,15-14-,18-17-/t28-,29+,31?,48?/m0/s1. The molecule has 2 heterocycles. The zero-order valence-electron chi connectivity index (χ0n) is 28.2. The average molecular weight is 688 g/mol. The molecule has 15 heteroatoms. The lowest BCUT2D eigenvalue weighted by Gasteiger charge is -2.21. The first-order valence-corrected chi connectivity index (χ1v) is 17.9. The quantitative estimate of drug-likeness (QED) is 0.0302. The van der Waals surface area contributed by atoms with Crippen LogP contribution < -0.4 is 21.7 Å². The molecule has 1 aromatic rings. The maximum absolute atomic E-state index is 13.0. The number of carbonyl (C=O) groups is 1. The SMILES string of the molecule is CC/C=C\C/C=C\C/C=C\C/C=C\C/C=C\CCCC(=O)NCCNP(=O)(OC)OC[C@H]1OC(n2cc(C)c(=O)[nH]c2=O)C[C@@H]1N=[N+]=[N-]. The molecular weight excluding hydrogens is 637 g/mol. The summed E-state index contributed by atoms with van der Waals surface area (Å²) in [5.74, 6) is -0.118. The van der Waals surface area contributed by atoms with Crippen molar-refractivity contribution >= 4 is 13.7 Å². The lowest BCUT2D eigenvalue weighted by atomic mass is 10.1. The topological polar surface area (TPSA) is 190 Å². The molecule has 14 nitrogen and oxygen atoms in total. The maximum Gasteiger partial charge on any atom is 0.405 e. The first kappa shape index (κ1) is 40.4. The number of hydrogen-bond acceptors (Lipinski definition) is 8. The summed E-state index contributed by atoms with van der Waals surface area (Å²) >= 11 is 0. The molecule has 1 aliphatic heterocycles. The summed E-state index contributed by atoms with van der Waals surface area (Å²) in [5.41, 5.74) is 8.11. The van der Waals surface area contributed by atoms with Crippen LogP contribution in [0.15, 0.2) is 81.7 Å². The highest BCUT2D eigenvalue weighted by Crippen LogP contribution is 2.43. The van der Waals surface area contributed by atoms with Crippen LogP contribution in [0.25, 0.3) is 10.4 Å². The van der Waals surface area contributed by atoms with Gasteiger partial charge in [-0.1, -0.05) is 72.8 Å². The lowest BCUT2D eigenvalue weighted by molar-refractivity contribution is -0.121. The summed E-state index contributed by atoms with van der Waals surface area (Å²) < 4.78 is 30.7. The third-order valence-corrected chi connectivity index (χ3v) is 8.77. The van der Waals surface area contributed by atoms with E-state index in [1.54, 1.807) is 6.92 Å². The Labute approximate surface area is 282 Å². The van der Waals surface area contributed by atoms with E-state index in [-0.39, 0.29) is 32.0 Å². The lowest BCUT2D eigenvalue weighted by Crippen LogP contribution is -2.33. The first-order chi connectivity index (χ1) is 23.2. The van der Waals surface area contributed by atoms with E-state index in [0.717, 1.165) is 38.5 Å². The van der Waals surface area contributed by atoms with Gasteiger partial charge in [-0.25, -0.2) is 14.4 Å². The molecule has 0 aromatic carbocycles. The number of carbonyl (C=O) groups excluding carboxylic acids is 1. The van der Waals surface area contributed by atoms with Crippen LogP contribution in [0.3, 0.4) is 0 Å². The van der Waals surface area contributed by atoms with Gasteiger partial charge in [0.2, 0.25) is 5.91 Å². The van der Waals surface area contributed by atoms with Crippen LogP contribution in [0, 0.1) is 6.92 Å². The number of nitrogens with zero attached hydrogens (tertiary/aromatic N) is 4. The highest BCUT2D eigenvalue weighted by Gasteiger charge is 2.38. The van der Waals surface area contributed by atoms with Crippen LogP contribution in [0.5, 0.6) is 0 Å². The molecule has 4 atom stereocenters. The number of aromatic nitrogens is 2. The van der Waals surface area contributed by atoms with E-state index in [4.69, 9.17) is 19.3 Å². The minimum absolute atomic E-state index is 0.117. The third-order valence-electron chi connectivity index (χ3n) is 7.19. The molecule has 2 unspecified atom stereocenters. The summed E-state index contributed by atoms with van der Waals surface area (Å²) in [6.07, 6.45) is 28.0. The van der Waals surface area contributed by atoms with E-state index in [0.29, 0.717) is 18.4 Å². The van der Waals surface area contributed by atoms with Crippen molar-refractivity contribution in [2.24, 2.45) is 5.11 Å². The summed E-state index contributed by atoms with van der Waals surface area (Å²) in [5, 5.41) is 9.17. The predicted octanol–water partition coefficient (Wildman–Crippen LogP) is 6.21. The van der Waals surface area contributed by atoms with Crippen LogP contribution in [0.1, 0.15) is 76.5 Å². The zero-order valence-corrected chi connectivity index (χ0v) is 29.1. The number of aromatic amines is 1. The van der Waals surface area contributed by atoms with Crippen molar-refractivity contribution in [1.29, 1.82) is 0 Å². The van der Waals surface area contributed by atoms with Gasteiger partial charge >= 0.3 is 13.4 Å². The molecule has 1 saturated heterocycles. The van der Waals surface area contributed by atoms with E-state index in [1.807, 2.05) is 0 Å². The van der Waals surface area contributed by atoms with Gasteiger partial charge in [0.1, 0.15) is 6.23 Å². The van der Waals surface area contributed by atoms with Gasteiger partial charge in [0.15, 0.2) is 0 Å². The molecule has 0 bridgehead atoms. The van der Waals surface area contributed by atoms with Gasteiger partial charge < -0.3 is 14.6 Å². The minimum atomic E-state index is -3.78. The molecular formula is C33H50N7O7P. The Morgan fingerprint density at radius 1 is 1.08 bits per heavy atom. The summed E-state index contributed by atoms with van der Waals surface area (Å²) in [7, 11) is -2.57. The Morgan fingerprint density at radius 2 is 1.71 bits per heavy atom. The van der Waals surface area contributed by atoms with Gasteiger partial charge in [-0.3, -0.25) is 23.7 Å². The Hall–Kier alpha value is -3.77. The molecule has 3 N–H and O–H groups in total. The Kier molecular flexibility index (Phi) is 19.8. The molecule has 48 heavy (non-hydrogen) atoms. The van der Waals surface area contributed by atoms with Crippen molar-refractivity contribution in [3.05, 3.63) is 104 Å². The number of H-pyrrole nitrogens is 1. The number of amides is 1. The second kappa shape index (κ2) is 23.5. The van der Waals surface area contributed by atoms with Gasteiger partial charge in [-0.05, 0) is 57.4 Å². The highest BCUT2D eigenvalue weighted by atomic mass is 31.2. The fourth-order valence-corrected chi connectivity index (χ4v) is 5.65. The van der Waals surface area contributed by atoms with E-state index < -0.39 is 37.4 Å². The largest absolute Gasteiger partial charge is 0.405 e. The number of allylic oxidation sites excluding steroid dienone is 10. The minimum Gasteiger partial charge on any atom is -0.355 e. The number of unbranched alkanes of at least 4 members (excludes halogenated alkanes) is 1. The van der Waals surface area contributed by atoms with Gasteiger partial charge in [-0.2, -0.15) is 0 Å². The summed E-state index contributed by atoms with van der Waals surface area (Å²) in [6.45, 7) is 3.73. The molecule has 1 aromatic heterocycles. The molecule has 0 radical (unpaired) electrons. The van der Waals surface area contributed by atoms with Gasteiger partial charge in [0.05, 0.1) is 18.8 Å². The number of rotatable bonds is 23. The molecule has 0 aliphatic carbocycles. The van der Waals surface area contributed by atoms with Crippen LogP contribution >= 0.6 is 7.75 Å². The maximum atomic E-state index is 13.0. The summed E-state index contributed by atoms with van der Waals surface area (Å²) in [6, 6.07) is -0.724. The van der Waals surface area contributed by atoms with Crippen molar-refractivity contribution in [3.8, 4) is 0 Å². The van der Waals surface area contributed by atoms with Gasteiger partial charge in [0.25, 0.3) is 5.56 Å². The van der Waals surface area contributed by atoms with E-state index in [9.17, 15) is 18.9 Å². The van der Waals surface area contributed by atoms with Gasteiger partial charge in [-0.15, -0.1) is 0 Å². The van der Waals surface area contributed by atoms with Crippen molar-refractivity contribution in [3.63, 3.8) is 0 Å². The Morgan fingerprint density at radius 3 is 2.31 bits per heavy atom. The van der Waals surface area contributed by atoms with Crippen molar-refractivity contribution in [2.75, 3.05) is 26.8 Å². The number of ether oxygens (including phenoxy) is 1. The Bertz CT molecular complexity index is 1490. The van der Waals surface area contributed by atoms with Crippen LogP contribution in [-0.2, 0) is 23.1 Å². The Balaban J connectivity index is 1.62. The first-order valence-electron chi connectivity index (χ1n) is 16.3. The molecule has 1 fully saturated rings. The predicted molar refractivity (Wildman–Crippen MR) is 187 cm³/mol. The molecule has 0 saturated carbocycles. The average Bonchev–Trinajstić information content (AvgIpc) is 3.47. The monoisotopic (exact) mass is 687 g/mol. The summed E-state index contributed by atoms with van der Waals surface area (Å²) in [4.78, 5) is 41.2. The fraction of sp³-hybridized carbons (Fsp3) is 0.545. The fourth-order valence-electron chi connectivity index (χ4n) is 4.59. The smallest absolute Gasteiger partial charge is 0.355 e. The number of azide groups is 1. The van der Waals surface area contributed by atoms with Crippen LogP contribution in [0.4, 0.5) is 0 Å². The van der Waals surface area contributed by atoms with E-state index in [2.05, 4.69) is 93.1 Å². The molecule has 1 amide bonds. The third kappa shape index (κ3) is 15.9. The normalized spacial score (nSPS) is 19.6. The number of aryl methyl sites for hydroxylation is 1. The van der Waals surface area contributed by atoms with Crippen LogP contribution in [-0.4, -0.2) is 54.4 Å². The number of hydrogen-bond donors (Lipinski definition) is 3. The van der Waals surface area contributed by atoms with Crippen molar-refractivity contribution < 1.29 is 23.1 Å². The van der Waals surface area contributed by atoms with Crippen LogP contribution in [0.2, 0.25) is 0 Å². The highest BCUT2D eigenvalue weighted by molar-refractivity contribution is 7.51. The molecule has 1 aliphatic rings. The second-order valence-corrected chi connectivity index (χ2v) is 12.9. The van der Waals surface area contributed by atoms with Gasteiger partial charge in [0, 0.05) is 49.7 Å². The van der Waals surface area contributed by atoms with E-state index in [1.165, 1.54) is 17.9 Å². The molecule has 2 rings (SSSR count). The zero-order chi connectivity index (χ0) is 35.0. The van der Waals surface area contributed by atoms with Crippen molar-refractivity contribution in [2.45, 2.75) is 90.0 Å².